The second kappa shape index (κ2) is 4.51. The summed E-state index contributed by atoms with van der Waals surface area (Å²) in [5.74, 6) is 0.676. The smallest absolute Gasteiger partial charge is 0.192 e. The highest BCUT2D eigenvalue weighted by molar-refractivity contribution is 5.80. The minimum Gasteiger partial charge on any atom is -0.441 e. The molecule has 19 heavy (non-hydrogen) atoms. The first-order valence-corrected chi connectivity index (χ1v) is 6.30. The fourth-order valence-electron chi connectivity index (χ4n) is 2.29. The number of hydrogen-bond acceptors (Lipinski definition) is 4. The summed E-state index contributed by atoms with van der Waals surface area (Å²) in [4.78, 5) is 4.35. The van der Waals surface area contributed by atoms with E-state index in [0.717, 1.165) is 40.0 Å². The van der Waals surface area contributed by atoms with Crippen LogP contribution in [0, 0.1) is 13.8 Å². The zero-order valence-electron chi connectivity index (χ0n) is 11.0. The first-order valence-electron chi connectivity index (χ1n) is 6.30. The Kier molecular flexibility index (Phi) is 2.83. The number of H-pyrrole nitrogens is 1. The van der Waals surface area contributed by atoms with Gasteiger partial charge in [-0.1, -0.05) is 0 Å². The van der Waals surface area contributed by atoms with E-state index < -0.39 is 0 Å². The van der Waals surface area contributed by atoms with E-state index >= 15 is 0 Å². The van der Waals surface area contributed by atoms with Gasteiger partial charge in [0.25, 0.3) is 0 Å². The lowest BCUT2D eigenvalue weighted by Crippen LogP contribution is -2.03. The predicted octanol–water partition coefficient (Wildman–Crippen LogP) is 2.34. The number of nitrogens with zero attached hydrogens (tertiary/aromatic N) is 2. The molecule has 3 rings (SSSR count). The van der Waals surface area contributed by atoms with E-state index in [2.05, 4.69) is 22.1 Å². The van der Waals surface area contributed by atoms with Gasteiger partial charge in [0.15, 0.2) is 11.5 Å². The number of nitrogens with one attached hydrogen (secondary N) is 1. The Morgan fingerprint density at radius 2 is 2.16 bits per heavy atom. The van der Waals surface area contributed by atoms with E-state index in [1.54, 1.807) is 0 Å². The van der Waals surface area contributed by atoms with E-state index in [1.807, 2.05) is 25.1 Å². The molecular weight excluding hydrogens is 240 g/mol. The van der Waals surface area contributed by atoms with Crippen molar-refractivity contribution in [2.75, 3.05) is 6.54 Å². The lowest BCUT2D eigenvalue weighted by atomic mass is 10.1. The van der Waals surface area contributed by atoms with Crippen molar-refractivity contribution >= 4 is 11.1 Å². The molecule has 5 nitrogen and oxygen atoms in total. The van der Waals surface area contributed by atoms with Crippen LogP contribution in [-0.4, -0.2) is 21.7 Å². The predicted molar refractivity (Wildman–Crippen MR) is 73.8 cm³/mol. The molecule has 0 spiro atoms. The third kappa shape index (κ3) is 2.02. The molecule has 0 aliphatic rings. The molecule has 0 aliphatic heterocycles. The highest BCUT2D eigenvalue weighted by Gasteiger charge is 2.12. The first kappa shape index (κ1) is 11.9. The molecule has 98 valence electrons. The molecule has 5 heteroatoms. The normalized spacial score (nSPS) is 11.3. The molecule has 1 aromatic carbocycles. The SMILES string of the molecule is Cc1nc2cc(-c3n[nH]c(CCN)c3C)ccc2o1. The van der Waals surface area contributed by atoms with Crippen LogP contribution in [0.25, 0.3) is 22.4 Å². The maximum absolute atomic E-state index is 5.58. The standard InChI is InChI=1S/C14H16N4O/c1-8-11(5-6-15)17-18-14(8)10-3-4-13-12(7-10)16-9(2)19-13/h3-4,7H,5-6,15H2,1-2H3,(H,17,18). The van der Waals surface area contributed by atoms with Gasteiger partial charge in [0.1, 0.15) is 5.52 Å². The molecule has 3 N–H and O–H groups in total. The summed E-state index contributed by atoms with van der Waals surface area (Å²) >= 11 is 0. The number of aryl methyl sites for hydroxylation is 1. The second-order valence-electron chi connectivity index (χ2n) is 4.63. The van der Waals surface area contributed by atoms with Crippen molar-refractivity contribution in [1.82, 2.24) is 15.2 Å². The van der Waals surface area contributed by atoms with Crippen molar-refractivity contribution in [3.8, 4) is 11.3 Å². The highest BCUT2D eigenvalue weighted by atomic mass is 16.3. The molecule has 0 saturated carbocycles. The highest BCUT2D eigenvalue weighted by Crippen LogP contribution is 2.27. The van der Waals surface area contributed by atoms with Crippen LogP contribution < -0.4 is 5.73 Å². The van der Waals surface area contributed by atoms with E-state index in [0.29, 0.717) is 12.4 Å². The zero-order chi connectivity index (χ0) is 13.4. The number of nitrogens with two attached hydrogens (primary N) is 1. The molecule has 0 radical (unpaired) electrons. The lowest BCUT2D eigenvalue weighted by molar-refractivity contribution is 0.561. The van der Waals surface area contributed by atoms with Crippen LogP contribution in [0.3, 0.4) is 0 Å². The molecule has 2 aromatic heterocycles. The minimum atomic E-state index is 0.615. The van der Waals surface area contributed by atoms with Gasteiger partial charge in [0, 0.05) is 24.6 Å². The fraction of sp³-hybridized carbons (Fsp3) is 0.286. The number of aromatic nitrogens is 3. The van der Waals surface area contributed by atoms with Gasteiger partial charge in [-0.25, -0.2) is 4.98 Å². The molecule has 0 fully saturated rings. The monoisotopic (exact) mass is 256 g/mol. The number of rotatable bonds is 3. The van der Waals surface area contributed by atoms with Crippen LogP contribution in [0.4, 0.5) is 0 Å². The summed E-state index contributed by atoms with van der Waals surface area (Å²) in [6.45, 7) is 4.52. The fourth-order valence-corrected chi connectivity index (χ4v) is 2.29. The molecule has 0 bridgehead atoms. The number of fused-ring (bicyclic) bond motifs is 1. The molecule has 0 aliphatic carbocycles. The molecule has 0 atom stereocenters. The van der Waals surface area contributed by atoms with E-state index in [1.165, 1.54) is 0 Å². The third-order valence-electron chi connectivity index (χ3n) is 3.27. The first-order chi connectivity index (χ1) is 9.19. The van der Waals surface area contributed by atoms with Crippen molar-refractivity contribution in [2.24, 2.45) is 5.73 Å². The molecule has 2 heterocycles. The Morgan fingerprint density at radius 3 is 2.95 bits per heavy atom. The summed E-state index contributed by atoms with van der Waals surface area (Å²) in [6, 6.07) is 5.94. The quantitative estimate of drug-likeness (QED) is 0.753. The van der Waals surface area contributed by atoms with E-state index in [4.69, 9.17) is 10.2 Å². The van der Waals surface area contributed by atoms with Crippen molar-refractivity contribution < 1.29 is 4.42 Å². The average molecular weight is 256 g/mol. The Hall–Kier alpha value is -2.14. The number of hydrogen-bond donors (Lipinski definition) is 2. The average Bonchev–Trinajstić information content (AvgIpc) is 2.92. The van der Waals surface area contributed by atoms with E-state index in [9.17, 15) is 0 Å². The van der Waals surface area contributed by atoms with Crippen LogP contribution >= 0.6 is 0 Å². The Labute approximate surface area is 110 Å². The van der Waals surface area contributed by atoms with Gasteiger partial charge < -0.3 is 10.2 Å². The summed E-state index contributed by atoms with van der Waals surface area (Å²) < 4.78 is 5.48. The van der Waals surface area contributed by atoms with Crippen molar-refractivity contribution in [3.63, 3.8) is 0 Å². The maximum atomic E-state index is 5.58. The van der Waals surface area contributed by atoms with Crippen molar-refractivity contribution in [3.05, 3.63) is 35.3 Å². The van der Waals surface area contributed by atoms with Gasteiger partial charge in [-0.2, -0.15) is 5.10 Å². The van der Waals surface area contributed by atoms with E-state index in [-0.39, 0.29) is 0 Å². The van der Waals surface area contributed by atoms with Crippen molar-refractivity contribution in [1.29, 1.82) is 0 Å². The number of benzene rings is 1. The zero-order valence-corrected chi connectivity index (χ0v) is 11.0. The summed E-state index contributed by atoms with van der Waals surface area (Å²) in [5, 5.41) is 7.43. The van der Waals surface area contributed by atoms with Crippen LogP contribution in [0.5, 0.6) is 0 Å². The number of oxazole rings is 1. The second-order valence-corrected chi connectivity index (χ2v) is 4.63. The Bertz CT molecular complexity index is 726. The number of aromatic amines is 1. The van der Waals surface area contributed by atoms with Gasteiger partial charge in [0.05, 0.1) is 5.69 Å². The van der Waals surface area contributed by atoms with Gasteiger partial charge in [-0.05, 0) is 37.2 Å². The molecule has 0 amide bonds. The molecular formula is C14H16N4O. The van der Waals surface area contributed by atoms with Crippen LogP contribution in [0.2, 0.25) is 0 Å². The third-order valence-corrected chi connectivity index (χ3v) is 3.27. The van der Waals surface area contributed by atoms with Gasteiger partial charge in [-0.15, -0.1) is 0 Å². The van der Waals surface area contributed by atoms with Gasteiger partial charge in [-0.3, -0.25) is 5.10 Å². The van der Waals surface area contributed by atoms with Crippen LogP contribution in [0.15, 0.2) is 22.6 Å². The van der Waals surface area contributed by atoms with Crippen LogP contribution in [0.1, 0.15) is 17.1 Å². The summed E-state index contributed by atoms with van der Waals surface area (Å²) in [7, 11) is 0. The Morgan fingerprint density at radius 1 is 1.32 bits per heavy atom. The maximum Gasteiger partial charge on any atom is 0.192 e. The Balaban J connectivity index is 2.08. The minimum absolute atomic E-state index is 0.615. The molecule has 3 aromatic rings. The van der Waals surface area contributed by atoms with Gasteiger partial charge >= 0.3 is 0 Å². The topological polar surface area (TPSA) is 80.7 Å². The summed E-state index contributed by atoms with van der Waals surface area (Å²) in [6.07, 6.45) is 0.810. The van der Waals surface area contributed by atoms with Gasteiger partial charge in [0.2, 0.25) is 0 Å². The van der Waals surface area contributed by atoms with Crippen molar-refractivity contribution in [2.45, 2.75) is 20.3 Å². The largest absolute Gasteiger partial charge is 0.441 e. The molecule has 0 unspecified atom stereocenters. The lowest BCUT2D eigenvalue weighted by Gasteiger charge is -1.99. The van der Waals surface area contributed by atoms with Crippen LogP contribution in [-0.2, 0) is 6.42 Å². The summed E-state index contributed by atoms with van der Waals surface area (Å²) in [5.41, 5.74) is 11.5. The molecule has 0 saturated heterocycles.